The van der Waals surface area contributed by atoms with Crippen LogP contribution in [0.2, 0.25) is 0 Å². The summed E-state index contributed by atoms with van der Waals surface area (Å²) in [4.78, 5) is 0. The summed E-state index contributed by atoms with van der Waals surface area (Å²) < 4.78 is 78.0. The molecule has 0 radical (unpaired) electrons. The molecule has 11 heteroatoms. The van der Waals surface area contributed by atoms with Crippen molar-refractivity contribution in [2.24, 2.45) is 0 Å². The van der Waals surface area contributed by atoms with E-state index in [9.17, 15) is 34.5 Å². The van der Waals surface area contributed by atoms with E-state index in [4.69, 9.17) is 0 Å². The zero-order chi connectivity index (χ0) is 9.00. The molecule has 0 aliphatic rings. The van der Waals surface area contributed by atoms with Crippen LogP contribution in [0.1, 0.15) is 0 Å². The average molecular weight is 294 g/mol. The van der Waals surface area contributed by atoms with Gasteiger partial charge in [-0.1, -0.05) is 0 Å². The van der Waals surface area contributed by atoms with Crippen molar-refractivity contribution in [1.29, 1.82) is 0 Å². The van der Waals surface area contributed by atoms with E-state index in [0.29, 0.717) is 0 Å². The molecule has 0 bridgehead atoms. The summed E-state index contributed by atoms with van der Waals surface area (Å²) in [6, 6.07) is 0. The Bertz CT molecular complexity index is 55.1. The molecule has 0 atom stereocenters. The number of rotatable bonds is 0. The van der Waals surface area contributed by atoms with E-state index in [2.05, 4.69) is 0 Å². The van der Waals surface area contributed by atoms with Crippen molar-refractivity contribution in [2.45, 2.75) is 0 Å². The van der Waals surface area contributed by atoms with Crippen LogP contribution in [-0.2, 0) is 0 Å². The molecular formula is H2B2F8Sn. The van der Waals surface area contributed by atoms with Gasteiger partial charge >= 0.3 is 38.4 Å². The molecule has 0 aromatic heterocycles. The van der Waals surface area contributed by atoms with Gasteiger partial charge in [0.25, 0.3) is 0 Å². The molecule has 0 fully saturated rings. The van der Waals surface area contributed by atoms with Crippen LogP contribution in [0.4, 0.5) is 34.5 Å². The molecule has 0 aliphatic carbocycles. The van der Waals surface area contributed by atoms with Crippen molar-refractivity contribution < 1.29 is 34.5 Å². The number of hydrogen-bond donors (Lipinski definition) is 0. The second kappa shape index (κ2) is 5.95. The first-order valence-electron chi connectivity index (χ1n) is 1.75. The minimum absolute atomic E-state index is 0. The quantitative estimate of drug-likeness (QED) is 0.471. The van der Waals surface area contributed by atoms with Gasteiger partial charge in [0.2, 0.25) is 0 Å². The third kappa shape index (κ3) is 5350. The molecule has 0 nitrogen and oxygen atoms in total. The van der Waals surface area contributed by atoms with E-state index >= 15 is 0 Å². The van der Waals surface area contributed by atoms with Gasteiger partial charge in [0, 0.05) is 0 Å². The molecule has 0 saturated carbocycles. The van der Waals surface area contributed by atoms with E-state index < -0.39 is 14.5 Å². The molecular weight excluding hydrogens is 292 g/mol. The molecule has 11 heavy (non-hydrogen) atoms. The molecule has 0 aromatic rings. The Kier molecular flexibility index (Phi) is 9.44. The van der Waals surface area contributed by atoms with Crippen LogP contribution in [0.3, 0.4) is 0 Å². The van der Waals surface area contributed by atoms with E-state index in [1.807, 2.05) is 0 Å². The Balaban J connectivity index is -0.000000107. The predicted molar refractivity (Wildman–Crippen MR) is 28.9 cm³/mol. The van der Waals surface area contributed by atoms with Crippen molar-refractivity contribution in [3.05, 3.63) is 0 Å². The second-order valence-electron chi connectivity index (χ2n) is 0.990. The Labute approximate surface area is 73.5 Å². The average Bonchev–Trinajstić information content (AvgIpc) is 1.12. The second-order valence-corrected chi connectivity index (χ2v) is 0.990. The molecule has 0 spiro atoms. The van der Waals surface area contributed by atoms with Crippen molar-refractivity contribution >= 4 is 38.4 Å². The number of halogens is 8. The van der Waals surface area contributed by atoms with Crippen LogP contribution in [0.25, 0.3) is 0 Å². The summed E-state index contributed by atoms with van der Waals surface area (Å²) in [5, 5.41) is 0. The molecule has 0 aliphatic heterocycles. The third-order valence-electron chi connectivity index (χ3n) is 0. The predicted octanol–water partition coefficient (Wildman–Crippen LogP) is 1.68. The zero-order valence-corrected chi connectivity index (χ0v) is 8.92. The summed E-state index contributed by atoms with van der Waals surface area (Å²) >= 11 is 0. The molecule has 68 valence electrons. The normalized spacial score (nSPS) is 10.9. The molecule has 0 heterocycles. The van der Waals surface area contributed by atoms with Gasteiger partial charge in [0.05, 0.1) is 0 Å². The summed E-state index contributed by atoms with van der Waals surface area (Å²) in [7, 11) is -12.0. The fourth-order valence-electron chi connectivity index (χ4n) is 0. The van der Waals surface area contributed by atoms with E-state index in [1.165, 1.54) is 0 Å². The summed E-state index contributed by atoms with van der Waals surface area (Å²) in [5.41, 5.74) is 0. The minimum atomic E-state index is -6.00. The van der Waals surface area contributed by atoms with Crippen LogP contribution in [0, 0.1) is 0 Å². The molecule has 0 saturated heterocycles. The SMILES string of the molecule is F[B-](F)(F)F.F[B-](F)(F)F.[SnH2+2]. The van der Waals surface area contributed by atoms with Gasteiger partial charge in [-0.15, -0.1) is 0 Å². The van der Waals surface area contributed by atoms with Gasteiger partial charge in [-0.25, -0.2) is 0 Å². The first-order chi connectivity index (χ1) is 4.00. The van der Waals surface area contributed by atoms with Gasteiger partial charge < -0.3 is 34.5 Å². The third-order valence-corrected chi connectivity index (χ3v) is 0. The van der Waals surface area contributed by atoms with Crippen LogP contribution in [-0.4, -0.2) is 38.4 Å². The molecule has 0 rings (SSSR count). The Morgan fingerprint density at radius 2 is 0.455 bits per heavy atom. The van der Waals surface area contributed by atoms with Crippen LogP contribution in [0.5, 0.6) is 0 Å². The van der Waals surface area contributed by atoms with E-state index in [0.717, 1.165) is 0 Å². The van der Waals surface area contributed by atoms with Crippen molar-refractivity contribution in [2.75, 3.05) is 0 Å². The Morgan fingerprint density at radius 3 is 0.455 bits per heavy atom. The first kappa shape index (κ1) is 17.5. The Hall–Kier alpha value is 0.369. The van der Waals surface area contributed by atoms with Gasteiger partial charge in [-0.3, -0.25) is 0 Å². The molecule has 0 N–H and O–H groups in total. The maximum atomic E-state index is 9.75. The molecule has 0 amide bonds. The van der Waals surface area contributed by atoms with Gasteiger partial charge in [-0.05, 0) is 0 Å². The Morgan fingerprint density at radius 1 is 0.455 bits per heavy atom. The summed E-state index contributed by atoms with van der Waals surface area (Å²) in [6.07, 6.45) is 0. The monoisotopic (exact) mass is 296 g/mol. The van der Waals surface area contributed by atoms with Crippen molar-refractivity contribution in [3.8, 4) is 0 Å². The fraction of sp³-hybridized carbons (Fsp3) is 0. The van der Waals surface area contributed by atoms with Crippen LogP contribution < -0.4 is 0 Å². The van der Waals surface area contributed by atoms with Gasteiger partial charge in [-0.2, -0.15) is 0 Å². The zero-order valence-electron chi connectivity index (χ0n) is 4.89. The first-order valence-corrected chi connectivity index (χ1v) is 1.75. The van der Waals surface area contributed by atoms with Gasteiger partial charge in [0.15, 0.2) is 0 Å². The number of hydrogen-bond acceptors (Lipinski definition) is 0. The summed E-state index contributed by atoms with van der Waals surface area (Å²) in [6.45, 7) is 0. The molecule has 0 unspecified atom stereocenters. The van der Waals surface area contributed by atoms with Crippen LogP contribution in [0.15, 0.2) is 0 Å². The van der Waals surface area contributed by atoms with Gasteiger partial charge in [0.1, 0.15) is 0 Å². The van der Waals surface area contributed by atoms with Crippen molar-refractivity contribution in [1.82, 2.24) is 0 Å². The molecule has 0 aromatic carbocycles. The van der Waals surface area contributed by atoms with E-state index in [1.54, 1.807) is 0 Å². The standard InChI is InChI=1S/2BF4.Sn.2H/c2*2-1(3,4)5;;;/q2*-1;+2;;. The topological polar surface area (TPSA) is 0 Å². The van der Waals surface area contributed by atoms with Crippen molar-refractivity contribution in [3.63, 3.8) is 0 Å². The summed E-state index contributed by atoms with van der Waals surface area (Å²) in [5.74, 6) is 0. The maximum absolute atomic E-state index is 9.75. The van der Waals surface area contributed by atoms with E-state index in [-0.39, 0.29) is 23.9 Å². The van der Waals surface area contributed by atoms with Crippen LogP contribution >= 0.6 is 0 Å². The fourth-order valence-corrected chi connectivity index (χ4v) is 0.